The fourth-order valence-electron chi connectivity index (χ4n) is 1.35. The first-order valence-electron chi connectivity index (χ1n) is 5.01. The van der Waals surface area contributed by atoms with Crippen molar-refractivity contribution >= 4 is 27.7 Å². The van der Waals surface area contributed by atoms with Gasteiger partial charge in [-0.15, -0.1) is 0 Å². The normalized spacial score (nSPS) is 12.1. The number of pyridine rings is 1. The van der Waals surface area contributed by atoms with E-state index in [9.17, 15) is 4.79 Å². The quantitative estimate of drug-likeness (QED) is 0.925. The topological polar surface area (TPSA) is 45.2 Å². The van der Waals surface area contributed by atoms with Crippen LogP contribution >= 0.6 is 15.9 Å². The van der Waals surface area contributed by atoms with Crippen LogP contribution in [0.15, 0.2) is 16.7 Å². The first-order valence-corrected chi connectivity index (χ1v) is 5.81. The number of nitrogens with zero attached hydrogens (tertiary/aromatic N) is 2. The number of halogens is 1. The number of amides is 1. The largest absolute Gasteiger partial charge is 0.358 e. The molecule has 5 heteroatoms. The smallest absolute Gasteiger partial charge is 0.244 e. The Bertz CT molecular complexity index is 393. The summed E-state index contributed by atoms with van der Waals surface area (Å²) in [5.41, 5.74) is 1.01. The molecule has 1 aromatic heterocycles. The summed E-state index contributed by atoms with van der Waals surface area (Å²) in [6.07, 6.45) is 1.71. The van der Waals surface area contributed by atoms with Gasteiger partial charge in [-0.3, -0.25) is 4.79 Å². The molecule has 0 aliphatic carbocycles. The van der Waals surface area contributed by atoms with Crippen LogP contribution in [-0.4, -0.2) is 35.9 Å². The lowest BCUT2D eigenvalue weighted by Gasteiger charge is -2.19. The molecule has 1 atom stereocenters. The van der Waals surface area contributed by atoms with Gasteiger partial charge in [0.05, 0.1) is 0 Å². The van der Waals surface area contributed by atoms with E-state index in [4.69, 9.17) is 0 Å². The van der Waals surface area contributed by atoms with Gasteiger partial charge in [0.2, 0.25) is 5.91 Å². The molecule has 16 heavy (non-hydrogen) atoms. The van der Waals surface area contributed by atoms with Crippen LogP contribution in [0.2, 0.25) is 0 Å². The van der Waals surface area contributed by atoms with Crippen molar-refractivity contribution in [3.8, 4) is 0 Å². The number of carbonyl (C=O) groups is 1. The van der Waals surface area contributed by atoms with Gasteiger partial charge in [0.15, 0.2) is 0 Å². The molecule has 0 spiro atoms. The summed E-state index contributed by atoms with van der Waals surface area (Å²) in [6, 6.07) is 1.68. The molecule has 0 aromatic carbocycles. The number of likely N-dealkylation sites (N-methyl/N-ethyl adjacent to an activating group) is 1. The Hall–Kier alpha value is -1.10. The lowest BCUT2D eigenvalue weighted by molar-refractivity contribution is -0.129. The van der Waals surface area contributed by atoms with Crippen LogP contribution < -0.4 is 5.32 Å². The third kappa shape index (κ3) is 3.20. The third-order valence-electron chi connectivity index (χ3n) is 2.21. The van der Waals surface area contributed by atoms with Crippen molar-refractivity contribution in [2.75, 3.05) is 19.4 Å². The van der Waals surface area contributed by atoms with Crippen molar-refractivity contribution in [1.82, 2.24) is 9.88 Å². The van der Waals surface area contributed by atoms with Crippen LogP contribution in [-0.2, 0) is 4.79 Å². The Labute approximate surface area is 104 Å². The second-order valence-electron chi connectivity index (χ2n) is 3.92. The van der Waals surface area contributed by atoms with E-state index >= 15 is 0 Å². The summed E-state index contributed by atoms with van der Waals surface area (Å²) >= 11 is 3.35. The molecule has 0 saturated carbocycles. The average Bonchev–Trinajstić information content (AvgIpc) is 2.20. The van der Waals surface area contributed by atoms with Gasteiger partial charge in [-0.05, 0) is 41.4 Å². The van der Waals surface area contributed by atoms with E-state index < -0.39 is 0 Å². The maximum Gasteiger partial charge on any atom is 0.244 e. The molecule has 88 valence electrons. The molecular weight excluding hydrogens is 270 g/mol. The summed E-state index contributed by atoms with van der Waals surface area (Å²) in [6.45, 7) is 3.78. The minimum atomic E-state index is -0.276. The molecular formula is C11H16BrN3O. The number of aromatic nitrogens is 1. The monoisotopic (exact) mass is 285 g/mol. The molecule has 0 fully saturated rings. The number of anilines is 1. The van der Waals surface area contributed by atoms with Crippen molar-refractivity contribution in [2.24, 2.45) is 0 Å². The highest BCUT2D eigenvalue weighted by Crippen LogP contribution is 2.17. The molecule has 4 nitrogen and oxygen atoms in total. The molecule has 0 saturated heterocycles. The highest BCUT2D eigenvalue weighted by atomic mass is 79.9. The van der Waals surface area contributed by atoms with E-state index in [2.05, 4.69) is 26.2 Å². The zero-order valence-electron chi connectivity index (χ0n) is 9.91. The molecule has 0 aliphatic heterocycles. The van der Waals surface area contributed by atoms with Crippen LogP contribution in [0.1, 0.15) is 12.5 Å². The molecule has 1 amide bonds. The van der Waals surface area contributed by atoms with Gasteiger partial charge < -0.3 is 10.2 Å². The minimum Gasteiger partial charge on any atom is -0.358 e. The molecule has 1 aromatic rings. The molecule has 0 aliphatic rings. The molecule has 1 heterocycles. The fraction of sp³-hybridized carbons (Fsp3) is 0.455. The highest BCUT2D eigenvalue weighted by Gasteiger charge is 2.15. The fourth-order valence-corrected chi connectivity index (χ4v) is 1.79. The number of carbonyl (C=O) groups excluding carboxylic acids is 1. The van der Waals surface area contributed by atoms with Crippen molar-refractivity contribution in [1.29, 1.82) is 0 Å². The molecule has 1 unspecified atom stereocenters. The predicted molar refractivity (Wildman–Crippen MR) is 68.5 cm³/mol. The Balaban J connectivity index is 2.77. The van der Waals surface area contributed by atoms with Crippen LogP contribution in [0.3, 0.4) is 0 Å². The number of aryl methyl sites for hydroxylation is 1. The lowest BCUT2D eigenvalue weighted by atomic mass is 10.2. The Morgan fingerprint density at radius 3 is 2.69 bits per heavy atom. The van der Waals surface area contributed by atoms with E-state index in [0.29, 0.717) is 0 Å². The van der Waals surface area contributed by atoms with E-state index in [0.717, 1.165) is 15.9 Å². The van der Waals surface area contributed by atoms with Crippen molar-refractivity contribution in [3.63, 3.8) is 0 Å². The van der Waals surface area contributed by atoms with Gasteiger partial charge in [0.1, 0.15) is 11.9 Å². The first kappa shape index (κ1) is 13.0. The summed E-state index contributed by atoms with van der Waals surface area (Å²) < 4.78 is 0.933. The van der Waals surface area contributed by atoms with Gasteiger partial charge >= 0.3 is 0 Å². The summed E-state index contributed by atoms with van der Waals surface area (Å²) in [7, 11) is 3.48. The zero-order chi connectivity index (χ0) is 12.3. The summed E-state index contributed by atoms with van der Waals surface area (Å²) in [5.74, 6) is 0.773. The van der Waals surface area contributed by atoms with Crippen LogP contribution in [0.4, 0.5) is 5.82 Å². The molecule has 1 N–H and O–H groups in total. The maximum atomic E-state index is 11.7. The predicted octanol–water partition coefficient (Wildman–Crippen LogP) is 2.04. The number of hydrogen-bond donors (Lipinski definition) is 1. The molecule has 0 bridgehead atoms. The van der Waals surface area contributed by atoms with Gasteiger partial charge in [0, 0.05) is 24.8 Å². The van der Waals surface area contributed by atoms with Crippen LogP contribution in [0.5, 0.6) is 0 Å². The SMILES string of the molecule is Cc1cc(Br)cnc1NC(C)C(=O)N(C)C. The van der Waals surface area contributed by atoms with Crippen LogP contribution in [0, 0.1) is 6.92 Å². The summed E-state index contributed by atoms with van der Waals surface area (Å²) in [4.78, 5) is 17.4. The molecule has 0 radical (unpaired) electrons. The Morgan fingerprint density at radius 2 is 2.19 bits per heavy atom. The Kier molecular flexibility index (Phi) is 4.29. The zero-order valence-corrected chi connectivity index (χ0v) is 11.5. The van der Waals surface area contributed by atoms with Gasteiger partial charge in [-0.25, -0.2) is 4.98 Å². The number of hydrogen-bond acceptors (Lipinski definition) is 3. The average molecular weight is 286 g/mol. The Morgan fingerprint density at radius 1 is 1.56 bits per heavy atom. The van der Waals surface area contributed by atoms with Crippen molar-refractivity contribution in [2.45, 2.75) is 19.9 Å². The third-order valence-corrected chi connectivity index (χ3v) is 2.64. The summed E-state index contributed by atoms with van der Waals surface area (Å²) in [5, 5.41) is 3.10. The second kappa shape index (κ2) is 5.30. The van der Waals surface area contributed by atoms with Crippen LogP contribution in [0.25, 0.3) is 0 Å². The van der Waals surface area contributed by atoms with Crippen molar-refractivity contribution in [3.05, 3.63) is 22.3 Å². The minimum absolute atomic E-state index is 0.0316. The van der Waals surface area contributed by atoms with E-state index in [1.54, 1.807) is 25.2 Å². The highest BCUT2D eigenvalue weighted by molar-refractivity contribution is 9.10. The van der Waals surface area contributed by atoms with Gasteiger partial charge in [-0.1, -0.05) is 0 Å². The standard InChI is InChI=1S/C11H16BrN3O/c1-7-5-9(12)6-13-10(7)14-8(2)11(16)15(3)4/h5-6,8H,1-4H3,(H,13,14). The number of nitrogens with one attached hydrogen (secondary N) is 1. The van der Waals surface area contributed by atoms with E-state index in [-0.39, 0.29) is 11.9 Å². The van der Waals surface area contributed by atoms with Gasteiger partial charge in [0.25, 0.3) is 0 Å². The maximum absolute atomic E-state index is 11.7. The van der Waals surface area contributed by atoms with Gasteiger partial charge in [-0.2, -0.15) is 0 Å². The van der Waals surface area contributed by atoms with Crippen molar-refractivity contribution < 1.29 is 4.79 Å². The van der Waals surface area contributed by atoms with E-state index in [1.807, 2.05) is 19.9 Å². The van der Waals surface area contributed by atoms with E-state index in [1.165, 1.54) is 0 Å². The lowest BCUT2D eigenvalue weighted by Crippen LogP contribution is -2.37. The number of rotatable bonds is 3. The molecule has 1 rings (SSSR count). The first-order chi connectivity index (χ1) is 7.41. The second-order valence-corrected chi connectivity index (χ2v) is 4.83.